The van der Waals surface area contributed by atoms with Crippen molar-refractivity contribution >= 4 is 15.7 Å². The van der Waals surface area contributed by atoms with E-state index in [9.17, 15) is 13.2 Å². The normalized spacial score (nSPS) is 22.7. The molecule has 2 atom stereocenters. The largest absolute Gasteiger partial charge is 0.352 e. The van der Waals surface area contributed by atoms with E-state index in [4.69, 9.17) is 5.73 Å². The predicted molar refractivity (Wildman–Crippen MR) is 76.7 cm³/mol. The molecule has 1 aliphatic rings. The lowest BCUT2D eigenvalue weighted by Crippen LogP contribution is -2.38. The number of hydrogen-bond donors (Lipinski definition) is 2. The summed E-state index contributed by atoms with van der Waals surface area (Å²) in [6.07, 6.45) is 3.93. The molecule has 5 nitrogen and oxygen atoms in total. The van der Waals surface area contributed by atoms with Crippen molar-refractivity contribution in [3.8, 4) is 0 Å². The van der Waals surface area contributed by atoms with Crippen LogP contribution >= 0.6 is 0 Å². The molecule has 20 heavy (non-hydrogen) atoms. The van der Waals surface area contributed by atoms with Gasteiger partial charge >= 0.3 is 0 Å². The Balaban J connectivity index is 1.93. The van der Waals surface area contributed by atoms with Crippen LogP contribution in [0.4, 0.5) is 0 Å². The van der Waals surface area contributed by atoms with Crippen LogP contribution in [-0.2, 0) is 21.2 Å². The minimum Gasteiger partial charge on any atom is -0.352 e. The van der Waals surface area contributed by atoms with E-state index in [1.54, 1.807) is 24.3 Å². The van der Waals surface area contributed by atoms with Crippen molar-refractivity contribution in [2.75, 3.05) is 6.26 Å². The first-order chi connectivity index (χ1) is 9.38. The summed E-state index contributed by atoms with van der Waals surface area (Å²) < 4.78 is 22.7. The van der Waals surface area contributed by atoms with E-state index in [-0.39, 0.29) is 22.8 Å². The van der Waals surface area contributed by atoms with Crippen molar-refractivity contribution in [2.45, 2.75) is 36.7 Å². The lowest BCUT2D eigenvalue weighted by atomic mass is 10.0. The average Bonchev–Trinajstić information content (AvgIpc) is 2.82. The highest BCUT2D eigenvalue weighted by Gasteiger charge is 2.29. The molecular weight excluding hydrogens is 276 g/mol. The summed E-state index contributed by atoms with van der Waals surface area (Å²) in [6.45, 7) is 0.395. The van der Waals surface area contributed by atoms with Crippen LogP contribution in [0, 0.1) is 5.92 Å². The molecule has 3 N–H and O–H groups in total. The van der Waals surface area contributed by atoms with Crippen LogP contribution in [-0.4, -0.2) is 26.6 Å². The van der Waals surface area contributed by atoms with Gasteiger partial charge in [-0.1, -0.05) is 18.6 Å². The molecule has 0 bridgehead atoms. The zero-order chi connectivity index (χ0) is 14.8. The molecule has 6 heteroatoms. The molecular formula is C14H20N2O3S. The van der Waals surface area contributed by atoms with Crippen LogP contribution in [0.2, 0.25) is 0 Å². The number of sulfone groups is 1. The fourth-order valence-electron chi connectivity index (χ4n) is 2.49. The van der Waals surface area contributed by atoms with Crippen LogP contribution in [0.15, 0.2) is 29.2 Å². The molecule has 0 saturated heterocycles. The second-order valence-corrected chi connectivity index (χ2v) is 7.35. The Labute approximate surface area is 119 Å². The summed E-state index contributed by atoms with van der Waals surface area (Å²) >= 11 is 0. The van der Waals surface area contributed by atoms with Gasteiger partial charge in [-0.15, -0.1) is 0 Å². The number of benzene rings is 1. The highest BCUT2D eigenvalue weighted by Crippen LogP contribution is 2.24. The van der Waals surface area contributed by atoms with Gasteiger partial charge in [0.1, 0.15) is 0 Å². The van der Waals surface area contributed by atoms with Crippen LogP contribution in [0.5, 0.6) is 0 Å². The summed E-state index contributed by atoms with van der Waals surface area (Å²) in [4.78, 5) is 12.3. The van der Waals surface area contributed by atoms with Gasteiger partial charge in [0.25, 0.3) is 0 Å². The second-order valence-electron chi connectivity index (χ2n) is 5.34. The van der Waals surface area contributed by atoms with E-state index < -0.39 is 9.84 Å². The molecule has 2 unspecified atom stereocenters. The van der Waals surface area contributed by atoms with Crippen molar-refractivity contribution in [1.82, 2.24) is 5.32 Å². The highest BCUT2D eigenvalue weighted by molar-refractivity contribution is 7.90. The monoisotopic (exact) mass is 296 g/mol. The van der Waals surface area contributed by atoms with E-state index in [0.717, 1.165) is 24.8 Å². The molecule has 0 aliphatic heterocycles. The molecule has 1 amide bonds. The van der Waals surface area contributed by atoms with E-state index in [0.29, 0.717) is 6.54 Å². The number of carbonyl (C=O) groups is 1. The fraction of sp³-hybridized carbons (Fsp3) is 0.500. The first-order valence-corrected chi connectivity index (χ1v) is 8.59. The number of rotatable bonds is 4. The lowest BCUT2D eigenvalue weighted by Gasteiger charge is -2.15. The van der Waals surface area contributed by atoms with Gasteiger partial charge in [0.2, 0.25) is 5.91 Å². The Morgan fingerprint density at radius 2 is 1.95 bits per heavy atom. The van der Waals surface area contributed by atoms with E-state index >= 15 is 0 Å². The molecule has 1 aromatic rings. The Hall–Kier alpha value is -1.40. The molecule has 0 radical (unpaired) electrons. The molecule has 1 aliphatic carbocycles. The van der Waals surface area contributed by atoms with Gasteiger partial charge in [-0.25, -0.2) is 8.42 Å². The van der Waals surface area contributed by atoms with Crippen molar-refractivity contribution < 1.29 is 13.2 Å². The number of nitrogens with two attached hydrogens (primary N) is 1. The van der Waals surface area contributed by atoms with Crippen molar-refractivity contribution in [3.05, 3.63) is 29.8 Å². The third kappa shape index (κ3) is 3.58. The SMILES string of the molecule is CS(=O)(=O)c1ccc(CNC(=O)C2CCCC2N)cc1. The minimum absolute atomic E-state index is 0.0119. The van der Waals surface area contributed by atoms with Gasteiger partial charge in [-0.2, -0.15) is 0 Å². The molecule has 1 fully saturated rings. The zero-order valence-corrected chi connectivity index (χ0v) is 12.3. The predicted octanol–water partition coefficient (Wildman–Crippen LogP) is 0.834. The number of amides is 1. The number of carbonyl (C=O) groups excluding carboxylic acids is 1. The fourth-order valence-corrected chi connectivity index (χ4v) is 3.12. The molecule has 1 saturated carbocycles. The van der Waals surface area contributed by atoms with Gasteiger partial charge < -0.3 is 11.1 Å². The molecule has 0 spiro atoms. The average molecular weight is 296 g/mol. The summed E-state index contributed by atoms with van der Waals surface area (Å²) in [5.74, 6) is -0.104. The summed E-state index contributed by atoms with van der Waals surface area (Å²) in [5.41, 5.74) is 6.76. The Bertz CT molecular complexity index is 581. The Morgan fingerprint density at radius 1 is 1.30 bits per heavy atom. The summed E-state index contributed by atoms with van der Waals surface area (Å²) in [7, 11) is -3.18. The van der Waals surface area contributed by atoms with Gasteiger partial charge in [0, 0.05) is 18.8 Å². The van der Waals surface area contributed by atoms with Crippen LogP contribution in [0.3, 0.4) is 0 Å². The summed E-state index contributed by atoms with van der Waals surface area (Å²) in [6, 6.07) is 6.50. The van der Waals surface area contributed by atoms with E-state index in [2.05, 4.69) is 5.32 Å². The van der Waals surface area contributed by atoms with Gasteiger partial charge in [-0.05, 0) is 30.5 Å². The van der Waals surface area contributed by atoms with Crippen LogP contribution in [0.1, 0.15) is 24.8 Å². The van der Waals surface area contributed by atoms with E-state index in [1.165, 1.54) is 6.26 Å². The Morgan fingerprint density at radius 3 is 2.45 bits per heavy atom. The van der Waals surface area contributed by atoms with Crippen molar-refractivity contribution in [2.24, 2.45) is 11.7 Å². The smallest absolute Gasteiger partial charge is 0.224 e. The molecule has 2 rings (SSSR count). The molecule has 0 heterocycles. The van der Waals surface area contributed by atoms with Gasteiger partial charge in [0.05, 0.1) is 10.8 Å². The summed E-state index contributed by atoms with van der Waals surface area (Å²) in [5, 5.41) is 2.86. The van der Waals surface area contributed by atoms with Crippen LogP contribution < -0.4 is 11.1 Å². The van der Waals surface area contributed by atoms with Crippen molar-refractivity contribution in [3.63, 3.8) is 0 Å². The maximum atomic E-state index is 12.0. The topological polar surface area (TPSA) is 89.3 Å². The molecule has 0 aromatic heterocycles. The lowest BCUT2D eigenvalue weighted by molar-refractivity contribution is -0.125. The first kappa shape index (κ1) is 15.0. The minimum atomic E-state index is -3.18. The van der Waals surface area contributed by atoms with Gasteiger partial charge in [0.15, 0.2) is 9.84 Å². The number of nitrogens with one attached hydrogen (secondary N) is 1. The molecule has 110 valence electrons. The highest BCUT2D eigenvalue weighted by atomic mass is 32.2. The first-order valence-electron chi connectivity index (χ1n) is 6.70. The van der Waals surface area contributed by atoms with Crippen molar-refractivity contribution in [1.29, 1.82) is 0 Å². The van der Waals surface area contributed by atoms with E-state index in [1.807, 2.05) is 0 Å². The third-order valence-corrected chi connectivity index (χ3v) is 4.85. The molecule has 1 aromatic carbocycles. The maximum absolute atomic E-state index is 12.0. The van der Waals surface area contributed by atoms with Crippen LogP contribution in [0.25, 0.3) is 0 Å². The van der Waals surface area contributed by atoms with Gasteiger partial charge in [-0.3, -0.25) is 4.79 Å². The Kier molecular flexibility index (Phi) is 4.45. The zero-order valence-electron chi connectivity index (χ0n) is 11.5. The quantitative estimate of drug-likeness (QED) is 0.861. The number of hydrogen-bond acceptors (Lipinski definition) is 4. The standard InChI is InChI=1S/C14H20N2O3S/c1-20(18,19)11-7-5-10(6-8-11)9-16-14(17)12-3-2-4-13(12)15/h5-8,12-13H,2-4,9,15H2,1H3,(H,16,17). The third-order valence-electron chi connectivity index (χ3n) is 3.72. The second kappa shape index (κ2) is 5.93. The maximum Gasteiger partial charge on any atom is 0.224 e.